The van der Waals surface area contributed by atoms with Crippen molar-refractivity contribution in [3.8, 4) is 5.75 Å². The molecule has 3 heteroatoms. The average Bonchev–Trinajstić information content (AvgIpc) is 2.90. The van der Waals surface area contributed by atoms with Crippen LogP contribution in [0.25, 0.3) is 0 Å². The number of carbonyl (C=O) groups excluding carboxylic acids is 1. The first-order chi connectivity index (χ1) is 10.2. The lowest BCUT2D eigenvalue weighted by molar-refractivity contribution is -0.122. The monoisotopic (exact) mass is 288 g/mol. The van der Waals surface area contributed by atoms with Crippen LogP contribution in [0, 0.1) is 5.92 Å². The summed E-state index contributed by atoms with van der Waals surface area (Å²) >= 11 is 0. The van der Waals surface area contributed by atoms with E-state index in [1.54, 1.807) is 0 Å². The molecule has 0 atom stereocenters. The van der Waals surface area contributed by atoms with Crippen LogP contribution in [0.2, 0.25) is 0 Å². The predicted octanol–water partition coefficient (Wildman–Crippen LogP) is 3.33. The van der Waals surface area contributed by atoms with E-state index in [4.69, 9.17) is 9.47 Å². The molecule has 0 unspecified atom stereocenters. The Morgan fingerprint density at radius 1 is 1.38 bits per heavy atom. The summed E-state index contributed by atoms with van der Waals surface area (Å²) in [6.07, 6.45) is 5.79. The van der Waals surface area contributed by atoms with Gasteiger partial charge >= 0.3 is 0 Å². The van der Waals surface area contributed by atoms with Crippen LogP contribution < -0.4 is 4.74 Å². The van der Waals surface area contributed by atoms with E-state index >= 15 is 0 Å². The minimum atomic E-state index is 0.395. The number of ether oxygens (including phenoxy) is 2. The van der Waals surface area contributed by atoms with E-state index in [9.17, 15) is 4.79 Å². The molecule has 0 aromatic heterocycles. The molecule has 3 nitrogen and oxygen atoms in total. The average molecular weight is 288 g/mol. The highest BCUT2D eigenvalue weighted by molar-refractivity contribution is 5.79. The third-order valence-electron chi connectivity index (χ3n) is 4.56. The molecule has 3 rings (SSSR count). The molecule has 1 fully saturated rings. The number of ketones is 1. The standard InChI is InChI=1S/C18H24O3/c1-2-20-17-11-14(12-17)10-16(19)5-3-13-4-6-18-15(9-13)7-8-21-18/h4,6,9,14,17H,2-3,5,7-8,10-12H2,1H3. The zero-order valence-corrected chi connectivity index (χ0v) is 12.8. The van der Waals surface area contributed by atoms with Crippen molar-refractivity contribution in [1.29, 1.82) is 0 Å². The van der Waals surface area contributed by atoms with Gasteiger partial charge in [-0.2, -0.15) is 0 Å². The molecular formula is C18H24O3. The summed E-state index contributed by atoms with van der Waals surface area (Å²) in [4.78, 5) is 12.1. The molecule has 0 amide bonds. The van der Waals surface area contributed by atoms with Gasteiger partial charge in [-0.1, -0.05) is 12.1 Å². The first kappa shape index (κ1) is 14.6. The highest BCUT2D eigenvalue weighted by atomic mass is 16.5. The Bertz CT molecular complexity index is 503. The van der Waals surface area contributed by atoms with E-state index in [1.807, 2.05) is 13.0 Å². The van der Waals surface area contributed by atoms with Gasteiger partial charge in [0, 0.05) is 25.9 Å². The van der Waals surface area contributed by atoms with Crippen molar-refractivity contribution < 1.29 is 14.3 Å². The normalized spacial score (nSPS) is 23.3. The maximum absolute atomic E-state index is 12.1. The van der Waals surface area contributed by atoms with Gasteiger partial charge in [-0.3, -0.25) is 4.79 Å². The molecule has 21 heavy (non-hydrogen) atoms. The van der Waals surface area contributed by atoms with E-state index in [1.165, 1.54) is 11.1 Å². The number of carbonyl (C=O) groups is 1. The van der Waals surface area contributed by atoms with E-state index in [-0.39, 0.29) is 0 Å². The molecule has 1 aliphatic carbocycles. The first-order valence-electron chi connectivity index (χ1n) is 8.12. The predicted molar refractivity (Wildman–Crippen MR) is 81.7 cm³/mol. The summed E-state index contributed by atoms with van der Waals surface area (Å²) in [5.41, 5.74) is 2.55. The second-order valence-corrected chi connectivity index (χ2v) is 6.20. The Kier molecular flexibility index (Phi) is 4.59. The summed E-state index contributed by atoms with van der Waals surface area (Å²) in [5, 5.41) is 0. The van der Waals surface area contributed by atoms with Gasteiger partial charge in [0.05, 0.1) is 12.7 Å². The van der Waals surface area contributed by atoms with Gasteiger partial charge in [0.15, 0.2) is 0 Å². The van der Waals surface area contributed by atoms with Gasteiger partial charge in [-0.15, -0.1) is 0 Å². The summed E-state index contributed by atoms with van der Waals surface area (Å²) in [5.74, 6) is 1.97. The number of benzene rings is 1. The lowest BCUT2D eigenvalue weighted by Gasteiger charge is -2.34. The van der Waals surface area contributed by atoms with Gasteiger partial charge in [-0.05, 0) is 49.3 Å². The SMILES string of the molecule is CCOC1CC(CC(=O)CCc2ccc3c(c2)CCO3)C1. The third-order valence-corrected chi connectivity index (χ3v) is 4.56. The van der Waals surface area contributed by atoms with E-state index in [2.05, 4.69) is 12.1 Å². The number of rotatable bonds is 7. The highest BCUT2D eigenvalue weighted by Crippen LogP contribution is 2.33. The minimum absolute atomic E-state index is 0.395. The van der Waals surface area contributed by atoms with Crippen LogP contribution in [0.1, 0.15) is 43.7 Å². The Morgan fingerprint density at radius 2 is 2.24 bits per heavy atom. The number of Topliss-reactive ketones (excluding diaryl/α,β-unsaturated/α-hetero) is 1. The molecule has 0 saturated heterocycles. The Labute approximate surface area is 126 Å². The number of hydrogen-bond donors (Lipinski definition) is 0. The molecule has 114 valence electrons. The molecule has 1 saturated carbocycles. The van der Waals surface area contributed by atoms with Gasteiger partial charge in [-0.25, -0.2) is 0 Å². The summed E-state index contributed by atoms with van der Waals surface area (Å²) in [7, 11) is 0. The van der Waals surface area contributed by atoms with Crippen molar-refractivity contribution in [2.75, 3.05) is 13.2 Å². The van der Waals surface area contributed by atoms with E-state index < -0.39 is 0 Å². The molecule has 2 aliphatic rings. The van der Waals surface area contributed by atoms with Gasteiger partial charge in [0.2, 0.25) is 0 Å². The molecular weight excluding hydrogens is 264 g/mol. The van der Waals surface area contributed by atoms with Crippen LogP contribution in [0.5, 0.6) is 5.75 Å². The maximum Gasteiger partial charge on any atom is 0.133 e. The van der Waals surface area contributed by atoms with Crippen LogP contribution in [-0.2, 0) is 22.4 Å². The zero-order valence-electron chi connectivity index (χ0n) is 12.8. The molecule has 0 radical (unpaired) electrons. The van der Waals surface area contributed by atoms with Crippen molar-refractivity contribution >= 4 is 5.78 Å². The van der Waals surface area contributed by atoms with Crippen molar-refractivity contribution in [3.63, 3.8) is 0 Å². The fourth-order valence-electron chi connectivity index (χ4n) is 3.32. The molecule has 0 N–H and O–H groups in total. The maximum atomic E-state index is 12.1. The summed E-state index contributed by atoms with van der Waals surface area (Å²) < 4.78 is 11.0. The van der Waals surface area contributed by atoms with Crippen molar-refractivity contribution in [2.45, 2.75) is 51.6 Å². The first-order valence-corrected chi connectivity index (χ1v) is 8.12. The molecule has 1 aromatic rings. The Morgan fingerprint density at radius 3 is 3.05 bits per heavy atom. The minimum Gasteiger partial charge on any atom is -0.493 e. The number of fused-ring (bicyclic) bond motifs is 1. The second kappa shape index (κ2) is 6.61. The quantitative estimate of drug-likeness (QED) is 0.772. The van der Waals surface area contributed by atoms with Crippen LogP contribution in [0.3, 0.4) is 0 Å². The molecule has 1 heterocycles. The van der Waals surface area contributed by atoms with Crippen LogP contribution in [0.4, 0.5) is 0 Å². The van der Waals surface area contributed by atoms with Crippen molar-refractivity contribution in [1.82, 2.24) is 0 Å². The topological polar surface area (TPSA) is 35.5 Å². The second-order valence-electron chi connectivity index (χ2n) is 6.20. The largest absolute Gasteiger partial charge is 0.493 e. The van der Waals surface area contributed by atoms with Crippen molar-refractivity contribution in [3.05, 3.63) is 29.3 Å². The molecule has 0 spiro atoms. The Hall–Kier alpha value is -1.35. The highest BCUT2D eigenvalue weighted by Gasteiger charge is 2.30. The fourth-order valence-corrected chi connectivity index (χ4v) is 3.32. The summed E-state index contributed by atoms with van der Waals surface area (Å²) in [6, 6.07) is 6.33. The third kappa shape index (κ3) is 3.65. The molecule has 1 aromatic carbocycles. The molecule has 1 aliphatic heterocycles. The molecule has 0 bridgehead atoms. The smallest absolute Gasteiger partial charge is 0.133 e. The van der Waals surface area contributed by atoms with E-state index in [0.717, 1.165) is 51.1 Å². The number of aryl methyl sites for hydroxylation is 1. The number of hydrogen-bond acceptors (Lipinski definition) is 3. The Balaban J connectivity index is 1.40. The van der Waals surface area contributed by atoms with Gasteiger partial charge in [0.25, 0.3) is 0 Å². The van der Waals surface area contributed by atoms with Gasteiger partial charge < -0.3 is 9.47 Å². The zero-order chi connectivity index (χ0) is 14.7. The van der Waals surface area contributed by atoms with Crippen molar-refractivity contribution in [2.24, 2.45) is 5.92 Å². The van der Waals surface area contributed by atoms with Crippen LogP contribution >= 0.6 is 0 Å². The van der Waals surface area contributed by atoms with Crippen LogP contribution in [0.15, 0.2) is 18.2 Å². The summed E-state index contributed by atoms with van der Waals surface area (Å²) in [6.45, 7) is 3.61. The fraction of sp³-hybridized carbons (Fsp3) is 0.611. The van der Waals surface area contributed by atoms with Crippen LogP contribution in [-0.4, -0.2) is 25.1 Å². The lowest BCUT2D eigenvalue weighted by Crippen LogP contribution is -2.32. The van der Waals surface area contributed by atoms with Gasteiger partial charge in [0.1, 0.15) is 11.5 Å². The van der Waals surface area contributed by atoms with E-state index in [0.29, 0.717) is 24.2 Å². The lowest BCUT2D eigenvalue weighted by atomic mass is 9.78.